The Hall–Kier alpha value is -1.85. The molecule has 2 aromatic rings. The molecule has 1 amide bonds. The molecule has 24 heavy (non-hydrogen) atoms. The summed E-state index contributed by atoms with van der Waals surface area (Å²) in [6.45, 7) is 0.925. The van der Waals surface area contributed by atoms with Crippen LogP contribution in [0.3, 0.4) is 0 Å². The molecule has 0 bridgehead atoms. The van der Waals surface area contributed by atoms with Crippen molar-refractivity contribution in [3.8, 4) is 5.75 Å². The molecule has 0 aromatic heterocycles. The van der Waals surface area contributed by atoms with Gasteiger partial charge in [0.15, 0.2) is 0 Å². The van der Waals surface area contributed by atoms with Gasteiger partial charge in [0.25, 0.3) is 5.91 Å². The highest BCUT2D eigenvalue weighted by molar-refractivity contribution is 9.10. The smallest absolute Gasteiger partial charge is 0.251 e. The molecule has 3 rings (SSSR count). The van der Waals surface area contributed by atoms with Gasteiger partial charge in [0, 0.05) is 28.2 Å². The van der Waals surface area contributed by atoms with E-state index in [-0.39, 0.29) is 11.9 Å². The normalized spacial score (nSPS) is 14.9. The van der Waals surface area contributed by atoms with E-state index in [2.05, 4.69) is 21.2 Å². The van der Waals surface area contributed by atoms with Crippen LogP contribution in [0.1, 0.15) is 28.8 Å². The van der Waals surface area contributed by atoms with E-state index in [4.69, 9.17) is 10.5 Å². The number of hydrogen-bond donors (Lipinski definition) is 2. The van der Waals surface area contributed by atoms with E-state index in [0.717, 1.165) is 22.9 Å². The zero-order valence-electron chi connectivity index (χ0n) is 13.4. The zero-order valence-corrected chi connectivity index (χ0v) is 15.0. The van der Waals surface area contributed by atoms with Gasteiger partial charge in [-0.1, -0.05) is 40.2 Å². The van der Waals surface area contributed by atoms with Gasteiger partial charge >= 0.3 is 0 Å². The van der Waals surface area contributed by atoms with Crippen molar-refractivity contribution in [2.75, 3.05) is 6.54 Å². The number of nitrogens with two attached hydrogens (primary N) is 1. The monoisotopic (exact) mass is 388 g/mol. The van der Waals surface area contributed by atoms with E-state index in [0.29, 0.717) is 30.4 Å². The Morgan fingerprint density at radius 2 is 2.04 bits per heavy atom. The molecule has 2 aromatic carbocycles. The van der Waals surface area contributed by atoms with E-state index in [1.54, 1.807) is 12.1 Å². The molecule has 4 nitrogen and oxygen atoms in total. The third-order valence-electron chi connectivity index (χ3n) is 4.21. The van der Waals surface area contributed by atoms with Crippen molar-refractivity contribution in [3.05, 3.63) is 64.1 Å². The van der Waals surface area contributed by atoms with E-state index < -0.39 is 0 Å². The first-order valence-corrected chi connectivity index (χ1v) is 8.94. The molecule has 5 heteroatoms. The van der Waals surface area contributed by atoms with Gasteiger partial charge in [-0.2, -0.15) is 0 Å². The predicted molar refractivity (Wildman–Crippen MR) is 97.9 cm³/mol. The van der Waals surface area contributed by atoms with Gasteiger partial charge in [-0.3, -0.25) is 4.79 Å². The average molecular weight is 389 g/mol. The van der Waals surface area contributed by atoms with Crippen molar-refractivity contribution in [1.82, 2.24) is 5.32 Å². The first-order chi connectivity index (χ1) is 11.7. The second-order valence-electron chi connectivity index (χ2n) is 6.06. The number of hydrogen-bond acceptors (Lipinski definition) is 3. The Morgan fingerprint density at radius 3 is 2.75 bits per heavy atom. The van der Waals surface area contributed by atoms with Gasteiger partial charge < -0.3 is 15.8 Å². The second kappa shape index (κ2) is 7.81. The lowest BCUT2D eigenvalue weighted by Crippen LogP contribution is -2.41. The molecular formula is C19H21BrN2O2. The molecular weight excluding hydrogens is 368 g/mol. The Kier molecular flexibility index (Phi) is 5.53. The van der Waals surface area contributed by atoms with Crippen LogP contribution in [-0.4, -0.2) is 18.5 Å². The molecule has 1 aliphatic rings. The van der Waals surface area contributed by atoms with Crippen molar-refractivity contribution in [1.29, 1.82) is 0 Å². The molecule has 3 N–H and O–H groups in total. The van der Waals surface area contributed by atoms with Gasteiger partial charge in [-0.25, -0.2) is 0 Å². The molecule has 0 saturated heterocycles. The summed E-state index contributed by atoms with van der Waals surface area (Å²) in [6.07, 6.45) is 2.30. The van der Waals surface area contributed by atoms with Gasteiger partial charge in [0.1, 0.15) is 12.4 Å². The third-order valence-corrected chi connectivity index (χ3v) is 4.98. The minimum absolute atomic E-state index is 0.0716. The Labute approximate surface area is 150 Å². The minimum atomic E-state index is -0.0938. The number of benzene rings is 2. The number of nitrogens with one attached hydrogen (secondary N) is 1. The molecule has 1 aliphatic carbocycles. The van der Waals surface area contributed by atoms with Gasteiger partial charge in [0.05, 0.1) is 0 Å². The fourth-order valence-electron chi connectivity index (χ4n) is 2.62. The third kappa shape index (κ3) is 4.36. The molecule has 1 atom stereocenters. The average Bonchev–Trinajstić information content (AvgIpc) is 3.44. The fraction of sp³-hybridized carbons (Fsp3) is 0.316. The van der Waals surface area contributed by atoms with Crippen molar-refractivity contribution < 1.29 is 9.53 Å². The summed E-state index contributed by atoms with van der Waals surface area (Å²) in [6, 6.07) is 15.2. The summed E-state index contributed by atoms with van der Waals surface area (Å²) in [5, 5.41) is 3.03. The van der Waals surface area contributed by atoms with Crippen molar-refractivity contribution in [2.24, 2.45) is 11.7 Å². The minimum Gasteiger partial charge on any atom is -0.489 e. The SMILES string of the molecule is NCC(NC(=O)c1cccc(OCc2ccccc2Br)c1)C1CC1. The first kappa shape index (κ1) is 17.0. The number of rotatable bonds is 7. The van der Waals surface area contributed by atoms with Crippen LogP contribution in [0, 0.1) is 5.92 Å². The summed E-state index contributed by atoms with van der Waals surface area (Å²) in [5.74, 6) is 1.12. The summed E-state index contributed by atoms with van der Waals surface area (Å²) in [5.41, 5.74) is 7.41. The maximum Gasteiger partial charge on any atom is 0.251 e. The number of amides is 1. The molecule has 0 aliphatic heterocycles. The van der Waals surface area contributed by atoms with E-state index in [1.807, 2.05) is 36.4 Å². The lowest BCUT2D eigenvalue weighted by molar-refractivity contribution is 0.0933. The fourth-order valence-corrected chi connectivity index (χ4v) is 3.02. The van der Waals surface area contributed by atoms with Crippen LogP contribution in [0.25, 0.3) is 0 Å². The topological polar surface area (TPSA) is 64.3 Å². The Morgan fingerprint density at radius 1 is 1.25 bits per heavy atom. The van der Waals surface area contributed by atoms with Crippen LogP contribution in [-0.2, 0) is 6.61 Å². The van der Waals surface area contributed by atoms with Crippen LogP contribution in [0.5, 0.6) is 5.75 Å². The highest BCUT2D eigenvalue weighted by Gasteiger charge is 2.31. The molecule has 0 heterocycles. The number of carbonyl (C=O) groups is 1. The highest BCUT2D eigenvalue weighted by atomic mass is 79.9. The standard InChI is InChI=1S/C19H21BrN2O2/c20-17-7-2-1-4-15(17)12-24-16-6-3-5-14(10-16)19(23)22-18(11-21)13-8-9-13/h1-7,10,13,18H,8-9,11-12,21H2,(H,22,23). The van der Waals surface area contributed by atoms with E-state index >= 15 is 0 Å². The quantitative estimate of drug-likeness (QED) is 0.762. The second-order valence-corrected chi connectivity index (χ2v) is 6.92. The largest absolute Gasteiger partial charge is 0.489 e. The van der Waals surface area contributed by atoms with Crippen LogP contribution >= 0.6 is 15.9 Å². The predicted octanol–water partition coefficient (Wildman–Crippen LogP) is 3.50. The summed E-state index contributed by atoms with van der Waals surface area (Å²) in [7, 11) is 0. The molecule has 0 spiro atoms. The van der Waals surface area contributed by atoms with E-state index in [1.165, 1.54) is 0 Å². The van der Waals surface area contributed by atoms with Crippen molar-refractivity contribution in [2.45, 2.75) is 25.5 Å². The lowest BCUT2D eigenvalue weighted by Gasteiger charge is -2.16. The molecule has 126 valence electrons. The number of halogens is 1. The lowest BCUT2D eigenvalue weighted by atomic mass is 10.1. The van der Waals surface area contributed by atoms with Crippen molar-refractivity contribution >= 4 is 21.8 Å². The van der Waals surface area contributed by atoms with Gasteiger partial charge in [-0.15, -0.1) is 0 Å². The first-order valence-electron chi connectivity index (χ1n) is 8.14. The maximum absolute atomic E-state index is 12.4. The van der Waals surface area contributed by atoms with Crippen molar-refractivity contribution in [3.63, 3.8) is 0 Å². The molecule has 1 saturated carbocycles. The Balaban J connectivity index is 1.63. The maximum atomic E-state index is 12.4. The highest BCUT2D eigenvalue weighted by Crippen LogP contribution is 2.32. The summed E-state index contributed by atoms with van der Waals surface area (Å²) in [4.78, 5) is 12.4. The number of ether oxygens (including phenoxy) is 1. The van der Waals surface area contributed by atoms with Crippen LogP contribution < -0.4 is 15.8 Å². The molecule has 0 radical (unpaired) electrons. The Bertz CT molecular complexity index is 716. The van der Waals surface area contributed by atoms with Crippen LogP contribution in [0.15, 0.2) is 53.0 Å². The van der Waals surface area contributed by atoms with Crippen LogP contribution in [0.4, 0.5) is 0 Å². The molecule has 1 unspecified atom stereocenters. The van der Waals surface area contributed by atoms with Crippen LogP contribution in [0.2, 0.25) is 0 Å². The van der Waals surface area contributed by atoms with E-state index in [9.17, 15) is 4.79 Å². The zero-order chi connectivity index (χ0) is 16.9. The summed E-state index contributed by atoms with van der Waals surface area (Å²) >= 11 is 3.51. The number of carbonyl (C=O) groups excluding carboxylic acids is 1. The van der Waals surface area contributed by atoms with Gasteiger partial charge in [-0.05, 0) is 43.0 Å². The van der Waals surface area contributed by atoms with Gasteiger partial charge in [0.2, 0.25) is 0 Å². The molecule has 1 fully saturated rings. The summed E-state index contributed by atoms with van der Waals surface area (Å²) < 4.78 is 6.83.